The van der Waals surface area contributed by atoms with Gasteiger partial charge >= 0.3 is 59.1 Å². The minimum atomic E-state index is -4.36. The van der Waals surface area contributed by atoms with Crippen LogP contribution in [0.1, 0.15) is 16.1 Å². The van der Waals surface area contributed by atoms with Crippen LogP contribution in [0.3, 0.4) is 0 Å². The Morgan fingerprint density at radius 1 is 1.07 bits per heavy atom. The molecule has 0 radical (unpaired) electrons. The molecule has 1 heterocycles. The van der Waals surface area contributed by atoms with E-state index in [1.165, 1.54) is 37.3 Å². The Bertz CT molecular complexity index is 1190. The molecular weight excluding hydrogens is 434 g/mol. The summed E-state index contributed by atoms with van der Waals surface area (Å²) in [5.41, 5.74) is 0.221. The molecule has 2 aromatic carbocycles. The van der Waals surface area contributed by atoms with Gasteiger partial charge in [-0.15, -0.1) is 10.2 Å². The average Bonchev–Trinajstić information content (AvgIpc) is 2.93. The maximum Gasteiger partial charge on any atom is 1.00 e. The molecule has 0 aliphatic heterocycles. The number of carbonyl (C=O) groups excluding carboxylic acids is 1. The molecule has 0 aliphatic rings. The first kappa shape index (κ1) is 26.5. The number of hydrogen-bond acceptors (Lipinski definition) is 8. The van der Waals surface area contributed by atoms with Gasteiger partial charge in [0.15, 0.2) is 0 Å². The summed E-state index contributed by atoms with van der Waals surface area (Å²) in [6.45, 7) is 1.52. The molecule has 0 saturated heterocycles. The molecule has 144 valence electrons. The van der Waals surface area contributed by atoms with Crippen LogP contribution < -0.4 is 69.3 Å². The van der Waals surface area contributed by atoms with Crippen molar-refractivity contribution < 1.29 is 87.1 Å². The van der Waals surface area contributed by atoms with E-state index in [1.807, 2.05) is 0 Å². The molecule has 1 N–H and O–H groups in total. The summed E-state index contributed by atoms with van der Waals surface area (Å²) in [6.07, 6.45) is 0. The van der Waals surface area contributed by atoms with E-state index >= 15 is 0 Å². The first-order valence-corrected chi connectivity index (χ1v) is 9.19. The molecule has 1 aromatic heterocycles. The summed E-state index contributed by atoms with van der Waals surface area (Å²) in [5, 5.41) is 35.4. The number of hydrogen-bond donors (Lipinski definition) is 1. The molecule has 0 unspecified atom stereocenters. The van der Waals surface area contributed by atoms with Crippen molar-refractivity contribution in [2.24, 2.45) is 10.2 Å². The summed E-state index contributed by atoms with van der Waals surface area (Å²) in [7, 11) is -4.36. The van der Waals surface area contributed by atoms with Gasteiger partial charge in [0, 0.05) is 11.4 Å². The Kier molecular flexibility index (Phi) is 9.39. The number of nitrogens with zero attached hydrogens (tertiary/aromatic N) is 4. The predicted octanol–water partition coefficient (Wildman–Crippen LogP) is -4.71. The van der Waals surface area contributed by atoms with Crippen LogP contribution in [0.2, 0.25) is 0 Å². The van der Waals surface area contributed by atoms with Gasteiger partial charge in [0.25, 0.3) is 10.1 Å². The summed E-state index contributed by atoms with van der Waals surface area (Å²) in [5.74, 6) is -2.06. The minimum Gasteiger partial charge on any atom is -0.857 e. The zero-order chi connectivity index (χ0) is 20.5. The van der Waals surface area contributed by atoms with Crippen LogP contribution in [0.4, 0.5) is 11.4 Å². The van der Waals surface area contributed by atoms with Gasteiger partial charge in [0.05, 0.1) is 27.9 Å². The molecule has 10 nitrogen and oxygen atoms in total. The fourth-order valence-electron chi connectivity index (χ4n) is 2.38. The molecule has 3 aromatic rings. The van der Waals surface area contributed by atoms with Crippen LogP contribution in [0.5, 0.6) is 5.88 Å². The molecule has 0 saturated carbocycles. The second-order valence-electron chi connectivity index (χ2n) is 5.62. The molecule has 3 rings (SSSR count). The maximum atomic E-state index is 12.6. The van der Waals surface area contributed by atoms with Crippen molar-refractivity contribution in [1.82, 2.24) is 9.78 Å². The fourth-order valence-corrected chi connectivity index (χ4v) is 2.86. The number of aromatic carboxylic acids is 1. The number of rotatable bonds is 5. The number of carbonyl (C=O) groups is 1. The van der Waals surface area contributed by atoms with Crippen molar-refractivity contribution in [2.75, 3.05) is 0 Å². The number of aromatic nitrogens is 2. The normalized spacial score (nSPS) is 11.0. The summed E-state index contributed by atoms with van der Waals surface area (Å²) in [6, 6.07) is 10.6. The third-order valence-electron chi connectivity index (χ3n) is 3.75. The van der Waals surface area contributed by atoms with E-state index in [1.54, 1.807) is 6.07 Å². The largest absolute Gasteiger partial charge is 1.00 e. The van der Waals surface area contributed by atoms with Gasteiger partial charge in [-0.1, -0.05) is 18.2 Å². The molecular formula is C17H12N4Na2O6S. The van der Waals surface area contributed by atoms with Crippen LogP contribution in [0.15, 0.2) is 63.7 Å². The van der Waals surface area contributed by atoms with Crippen molar-refractivity contribution >= 4 is 27.5 Å². The van der Waals surface area contributed by atoms with Crippen molar-refractivity contribution in [3.05, 3.63) is 59.8 Å². The average molecular weight is 446 g/mol. The number of carboxylic acid groups (broad SMARTS) is 1. The first-order valence-electron chi connectivity index (χ1n) is 7.75. The van der Waals surface area contributed by atoms with Gasteiger partial charge in [-0.25, -0.2) is 4.68 Å². The molecule has 30 heavy (non-hydrogen) atoms. The molecule has 0 atom stereocenters. The van der Waals surface area contributed by atoms with E-state index in [-0.39, 0.29) is 92.3 Å². The van der Waals surface area contributed by atoms with Crippen molar-refractivity contribution in [3.63, 3.8) is 0 Å². The standard InChI is InChI=1S/C17H14N4O6S.2Na/c1-10-15(19-18-14-5-3-2-4-13(14)17(23)24)16(22)21(20-10)11-6-8-12(9-7-11)28(25,26)27;;/h2-9,22H,1H3,(H,23,24)(H,25,26,27);;/q;2*+1/p-2. The third-order valence-corrected chi connectivity index (χ3v) is 4.62. The molecule has 0 fully saturated rings. The molecule has 0 spiro atoms. The van der Waals surface area contributed by atoms with E-state index in [9.17, 15) is 23.4 Å². The third kappa shape index (κ3) is 5.77. The second-order valence-corrected chi connectivity index (χ2v) is 7.05. The fraction of sp³-hybridized carbons (Fsp3) is 0.0588. The van der Waals surface area contributed by atoms with Gasteiger partial charge in [-0.05, 0) is 37.3 Å². The topological polar surface area (TPSA) is 160 Å². The van der Waals surface area contributed by atoms with E-state index in [2.05, 4.69) is 15.3 Å². The second kappa shape index (κ2) is 10.6. The van der Waals surface area contributed by atoms with Gasteiger partial charge < -0.3 is 15.0 Å². The predicted molar refractivity (Wildman–Crippen MR) is 92.5 cm³/mol. The van der Waals surface area contributed by atoms with Gasteiger partial charge in [0.2, 0.25) is 0 Å². The van der Waals surface area contributed by atoms with E-state index in [0.717, 1.165) is 16.8 Å². The molecule has 13 heteroatoms. The van der Waals surface area contributed by atoms with Crippen LogP contribution in [0, 0.1) is 6.92 Å². The maximum absolute atomic E-state index is 12.6. The van der Waals surface area contributed by atoms with Gasteiger partial charge in [-0.3, -0.25) is 4.55 Å². The number of benzene rings is 2. The quantitative estimate of drug-likeness (QED) is 0.234. The molecule has 0 amide bonds. The summed E-state index contributed by atoms with van der Waals surface area (Å²) >= 11 is 0. The van der Waals surface area contributed by atoms with Crippen molar-refractivity contribution in [3.8, 4) is 11.6 Å². The van der Waals surface area contributed by atoms with Crippen LogP contribution >= 0.6 is 0 Å². The molecule has 0 aliphatic carbocycles. The number of aryl methyl sites for hydroxylation is 1. The van der Waals surface area contributed by atoms with Gasteiger partial charge in [0.1, 0.15) is 5.69 Å². The minimum absolute atomic E-state index is 0. The van der Waals surface area contributed by atoms with Crippen LogP contribution in [-0.4, -0.2) is 28.7 Å². The van der Waals surface area contributed by atoms with Gasteiger partial charge in [-0.2, -0.15) is 13.5 Å². The SMILES string of the molecule is Cc1nn(-c2ccc(S(=O)(=O)O)cc2)c([O-])c1N=Nc1ccccc1C(=O)[O-].[Na+].[Na+]. The Hall–Kier alpha value is -1.57. The Labute approximate surface area is 216 Å². The zero-order valence-electron chi connectivity index (χ0n) is 16.3. The number of azo groups is 1. The van der Waals surface area contributed by atoms with E-state index in [4.69, 9.17) is 4.55 Å². The Morgan fingerprint density at radius 3 is 2.23 bits per heavy atom. The Morgan fingerprint density at radius 2 is 1.67 bits per heavy atom. The first-order chi connectivity index (χ1) is 13.2. The Balaban J connectivity index is 0.00000225. The van der Waals surface area contributed by atoms with E-state index in [0.29, 0.717) is 0 Å². The summed E-state index contributed by atoms with van der Waals surface area (Å²) in [4.78, 5) is 10.8. The smallest absolute Gasteiger partial charge is 0.857 e. The van der Waals surface area contributed by atoms with Crippen LogP contribution in [-0.2, 0) is 10.1 Å². The summed E-state index contributed by atoms with van der Waals surface area (Å²) < 4.78 is 32.2. The monoisotopic (exact) mass is 446 g/mol. The van der Waals surface area contributed by atoms with Crippen LogP contribution in [0.25, 0.3) is 5.69 Å². The zero-order valence-corrected chi connectivity index (χ0v) is 21.1. The van der Waals surface area contributed by atoms with E-state index < -0.39 is 22.0 Å². The molecule has 0 bridgehead atoms. The van der Waals surface area contributed by atoms with Crippen molar-refractivity contribution in [2.45, 2.75) is 11.8 Å². The number of carboxylic acids is 1. The van der Waals surface area contributed by atoms with Crippen molar-refractivity contribution in [1.29, 1.82) is 0 Å².